The minimum Gasteiger partial charge on any atom is -0.377 e. The van der Waals surface area contributed by atoms with Crippen LogP contribution in [0.1, 0.15) is 43.9 Å². The zero-order valence-electron chi connectivity index (χ0n) is 25.8. The Morgan fingerprint density at radius 2 is 1.83 bits per heavy atom. The van der Waals surface area contributed by atoms with Crippen LogP contribution in [0.4, 0.5) is 5.82 Å². The van der Waals surface area contributed by atoms with Gasteiger partial charge in [-0.05, 0) is 65.8 Å². The van der Waals surface area contributed by atoms with E-state index in [2.05, 4.69) is 30.8 Å². The number of likely N-dealkylation sites (N-methyl/N-ethyl adjacent to an activating group) is 1. The molecule has 1 aromatic carbocycles. The van der Waals surface area contributed by atoms with E-state index in [1.165, 1.54) is 0 Å². The van der Waals surface area contributed by atoms with Gasteiger partial charge in [-0.1, -0.05) is 18.2 Å². The number of hydrogen-bond acceptors (Lipinski definition) is 8. The minimum absolute atomic E-state index is 0.116. The molecule has 0 saturated heterocycles. The summed E-state index contributed by atoms with van der Waals surface area (Å²) in [5, 5.41) is 14.0. The van der Waals surface area contributed by atoms with Crippen LogP contribution in [-0.4, -0.2) is 88.8 Å². The summed E-state index contributed by atoms with van der Waals surface area (Å²) in [5.41, 5.74) is 5.66. The summed E-state index contributed by atoms with van der Waals surface area (Å²) in [7, 11) is 1.70. The Morgan fingerprint density at radius 3 is 2.72 bits per heavy atom. The van der Waals surface area contributed by atoms with Crippen molar-refractivity contribution in [2.75, 3.05) is 45.3 Å². The van der Waals surface area contributed by atoms with Crippen LogP contribution in [0.5, 0.6) is 0 Å². The summed E-state index contributed by atoms with van der Waals surface area (Å²) >= 11 is 0. The summed E-state index contributed by atoms with van der Waals surface area (Å²) in [5.74, 6) is -0.265. The van der Waals surface area contributed by atoms with Crippen molar-refractivity contribution >= 4 is 40.5 Å². The number of hydrogen-bond donors (Lipinski definition) is 3. The molecule has 2 aliphatic heterocycles. The molecule has 5 bridgehead atoms. The lowest BCUT2D eigenvalue weighted by molar-refractivity contribution is -0.132. The molecule has 236 valence electrons. The van der Waals surface area contributed by atoms with Gasteiger partial charge in [0.05, 0.1) is 43.6 Å². The maximum atomic E-state index is 13.8. The monoisotopic (exact) mass is 621 g/mol. The number of carbonyl (C=O) groups is 3. The van der Waals surface area contributed by atoms with Gasteiger partial charge in [0, 0.05) is 43.4 Å². The maximum absolute atomic E-state index is 13.8. The summed E-state index contributed by atoms with van der Waals surface area (Å²) in [6.07, 6.45) is 10.1. The lowest BCUT2D eigenvalue weighted by atomic mass is 9.79. The largest absolute Gasteiger partial charge is 0.377 e. The molecular formula is C34H35N7O5. The van der Waals surface area contributed by atoms with Gasteiger partial charge >= 0.3 is 0 Å². The maximum Gasteiger partial charge on any atom is 0.270 e. The van der Waals surface area contributed by atoms with Crippen LogP contribution in [0.2, 0.25) is 0 Å². The van der Waals surface area contributed by atoms with E-state index in [4.69, 9.17) is 9.47 Å². The quantitative estimate of drug-likeness (QED) is 0.309. The predicted molar refractivity (Wildman–Crippen MR) is 170 cm³/mol. The second-order valence-corrected chi connectivity index (χ2v) is 12.2. The molecule has 0 radical (unpaired) electrons. The van der Waals surface area contributed by atoms with Crippen LogP contribution in [0, 0.1) is 6.92 Å². The number of ether oxygens (including phenoxy) is 2. The second kappa shape index (κ2) is 12.1. The van der Waals surface area contributed by atoms with Gasteiger partial charge in [-0.2, -0.15) is 5.10 Å². The van der Waals surface area contributed by atoms with E-state index in [9.17, 15) is 14.4 Å². The Balaban J connectivity index is 1.20. The first-order chi connectivity index (χ1) is 22.3. The van der Waals surface area contributed by atoms with E-state index in [-0.39, 0.29) is 23.9 Å². The number of aromatic amines is 1. The highest BCUT2D eigenvalue weighted by Gasteiger charge is 2.51. The average Bonchev–Trinajstić information content (AvgIpc) is 3.75. The van der Waals surface area contributed by atoms with Crippen molar-refractivity contribution in [3.05, 3.63) is 88.0 Å². The summed E-state index contributed by atoms with van der Waals surface area (Å²) in [6, 6.07) is 6.86. The van der Waals surface area contributed by atoms with Gasteiger partial charge in [0.15, 0.2) is 0 Å². The summed E-state index contributed by atoms with van der Waals surface area (Å²) in [6.45, 7) is 3.81. The van der Waals surface area contributed by atoms with E-state index in [1.807, 2.05) is 37.3 Å². The van der Waals surface area contributed by atoms with E-state index in [1.54, 1.807) is 36.6 Å². The molecule has 46 heavy (non-hydrogen) atoms. The molecule has 1 aliphatic carbocycles. The van der Waals surface area contributed by atoms with Gasteiger partial charge in [0.1, 0.15) is 17.6 Å². The zero-order valence-corrected chi connectivity index (χ0v) is 25.8. The number of carbonyl (C=O) groups excluding carboxylic acids is 3. The van der Waals surface area contributed by atoms with E-state index in [0.29, 0.717) is 51.6 Å². The fraction of sp³-hybridized carbons (Fsp3) is 0.353. The van der Waals surface area contributed by atoms with Gasteiger partial charge in [-0.25, -0.2) is 4.98 Å². The van der Waals surface area contributed by atoms with Gasteiger partial charge < -0.3 is 25.0 Å². The van der Waals surface area contributed by atoms with Gasteiger partial charge in [-0.15, -0.1) is 0 Å². The number of nitrogens with one attached hydrogen (secondary N) is 3. The molecule has 12 heteroatoms. The van der Waals surface area contributed by atoms with Gasteiger partial charge in [-0.3, -0.25) is 24.5 Å². The van der Waals surface area contributed by atoms with Crippen molar-refractivity contribution in [2.45, 2.75) is 37.6 Å². The third kappa shape index (κ3) is 5.54. The molecule has 12 nitrogen and oxygen atoms in total. The van der Waals surface area contributed by atoms with E-state index >= 15 is 0 Å². The first-order valence-corrected chi connectivity index (χ1v) is 15.4. The van der Waals surface area contributed by atoms with E-state index < -0.39 is 17.4 Å². The summed E-state index contributed by atoms with van der Waals surface area (Å²) < 4.78 is 11.4. The van der Waals surface area contributed by atoms with Crippen LogP contribution in [0.3, 0.4) is 0 Å². The first-order valence-electron chi connectivity index (χ1n) is 15.4. The number of fused-ring (bicyclic) bond motifs is 3. The van der Waals surface area contributed by atoms with Gasteiger partial charge in [0.25, 0.3) is 5.91 Å². The molecule has 3 amide bonds. The Bertz CT molecular complexity index is 1880. The molecule has 0 fully saturated rings. The first kappa shape index (κ1) is 29.8. The highest BCUT2D eigenvalue weighted by atomic mass is 16.5. The third-order valence-electron chi connectivity index (χ3n) is 9.08. The molecule has 3 N–H and O–H groups in total. The average molecular weight is 622 g/mol. The SMILES string of the molecule is Cc1cc(C[C@H]2NC(=O)c3cc4c(cn3)C[C@@]3(C4)C(=O)Nc4ncc(cc43)/C=C/COCCOCCN(C)C2=O)cc2cn[nH]c12. The standard InChI is InChI=1S/C34H35N7O5/c1-20-10-22(11-24-19-37-40-29(20)24)13-28-32(43)41(2)5-7-46-9-8-45-6-3-4-21-12-26-30(36-17-21)39-33(44)34(26)15-23-14-27(31(42)38-28)35-18-25(23)16-34/h3-4,10-12,14,17-19,28H,5-9,13,15-16H2,1-2H3,(H,37,40)(H,38,42)(H,36,39,44)/b4-3+/t28-,34-/m1/s1. The van der Waals surface area contributed by atoms with Crippen molar-refractivity contribution in [3.63, 3.8) is 0 Å². The third-order valence-corrected chi connectivity index (χ3v) is 9.08. The Hall–Kier alpha value is -4.94. The Kier molecular flexibility index (Phi) is 7.83. The molecule has 3 aliphatic rings. The highest BCUT2D eigenvalue weighted by molar-refractivity contribution is 6.06. The molecule has 0 unspecified atom stereocenters. The molecular weight excluding hydrogens is 586 g/mol. The zero-order chi connectivity index (χ0) is 31.8. The minimum atomic E-state index is -0.854. The number of rotatable bonds is 2. The van der Waals surface area contributed by atoms with Crippen molar-refractivity contribution in [1.29, 1.82) is 0 Å². The van der Waals surface area contributed by atoms with Crippen LogP contribution in [0.15, 0.2) is 48.9 Å². The molecule has 7 rings (SSSR count). The number of pyridine rings is 2. The Labute approximate surface area is 265 Å². The van der Waals surface area contributed by atoms with Crippen LogP contribution < -0.4 is 10.6 Å². The molecule has 0 saturated carbocycles. The fourth-order valence-corrected chi connectivity index (χ4v) is 6.65. The predicted octanol–water partition coefficient (Wildman–Crippen LogP) is 2.51. The van der Waals surface area contributed by atoms with Gasteiger partial charge in [0.2, 0.25) is 11.8 Å². The fourth-order valence-electron chi connectivity index (χ4n) is 6.65. The lowest BCUT2D eigenvalue weighted by Crippen LogP contribution is -2.49. The number of amides is 3. The smallest absolute Gasteiger partial charge is 0.270 e. The van der Waals surface area contributed by atoms with E-state index in [0.717, 1.165) is 44.3 Å². The Morgan fingerprint density at radius 1 is 0.978 bits per heavy atom. The molecule has 2 atom stereocenters. The van der Waals surface area contributed by atoms with Crippen LogP contribution in [-0.2, 0) is 43.7 Å². The van der Waals surface area contributed by atoms with Crippen molar-refractivity contribution in [3.8, 4) is 0 Å². The van der Waals surface area contributed by atoms with Crippen molar-refractivity contribution in [1.82, 2.24) is 30.4 Å². The number of H-pyrrole nitrogens is 1. The van der Waals surface area contributed by atoms with Crippen LogP contribution in [0.25, 0.3) is 17.0 Å². The number of aryl methyl sites for hydroxylation is 1. The molecule has 1 spiro atoms. The number of anilines is 1. The summed E-state index contributed by atoms with van der Waals surface area (Å²) in [4.78, 5) is 51.5. The van der Waals surface area contributed by atoms with Crippen molar-refractivity contribution in [2.24, 2.45) is 0 Å². The number of aromatic nitrogens is 4. The highest BCUT2D eigenvalue weighted by Crippen LogP contribution is 2.47. The normalized spacial score (nSPS) is 22.8. The topological polar surface area (TPSA) is 151 Å². The van der Waals surface area contributed by atoms with Crippen molar-refractivity contribution < 1.29 is 23.9 Å². The second-order valence-electron chi connectivity index (χ2n) is 12.2. The number of benzene rings is 1. The van der Waals surface area contributed by atoms with Crippen LogP contribution >= 0.6 is 0 Å². The lowest BCUT2D eigenvalue weighted by Gasteiger charge is -2.25. The number of nitrogens with zero attached hydrogens (tertiary/aromatic N) is 4. The molecule has 4 aromatic rings. The molecule has 5 heterocycles. The molecule has 3 aromatic heterocycles.